The first-order chi connectivity index (χ1) is 9.74. The molecular weight excluding hydrogens is 256 g/mol. The summed E-state index contributed by atoms with van der Waals surface area (Å²) in [4.78, 5) is 12.1. The average Bonchev–Trinajstić information content (AvgIpc) is 2.83. The normalized spacial score (nSPS) is 10.7. The maximum atomic E-state index is 12.1. The zero-order chi connectivity index (χ0) is 14.1. The van der Waals surface area contributed by atoms with Crippen molar-refractivity contribution in [2.45, 2.75) is 0 Å². The second-order valence-corrected chi connectivity index (χ2v) is 4.34. The van der Waals surface area contributed by atoms with Crippen LogP contribution in [-0.2, 0) is 0 Å². The van der Waals surface area contributed by atoms with E-state index in [0.717, 1.165) is 11.2 Å². The van der Waals surface area contributed by atoms with E-state index in [1.165, 1.54) is 0 Å². The standard InChI is InChI=1S/C15H14N2O3/c1-19-13-8-11-12(9-14(13)20-2)17(16-15(11)18)10-6-4-3-5-7-10/h3-9H,1-2H3,(H,16,18). The highest BCUT2D eigenvalue weighted by molar-refractivity contribution is 5.84. The molecule has 3 aromatic rings. The summed E-state index contributed by atoms with van der Waals surface area (Å²) >= 11 is 0. The Balaban J connectivity index is 2.33. The van der Waals surface area contributed by atoms with Gasteiger partial charge in [-0.05, 0) is 18.2 Å². The first-order valence-corrected chi connectivity index (χ1v) is 6.17. The maximum absolute atomic E-state index is 12.1. The molecule has 0 bridgehead atoms. The molecule has 20 heavy (non-hydrogen) atoms. The summed E-state index contributed by atoms with van der Waals surface area (Å²) in [6.45, 7) is 0. The van der Waals surface area contributed by atoms with Crippen LogP contribution in [0.4, 0.5) is 0 Å². The van der Waals surface area contributed by atoms with E-state index in [1.807, 2.05) is 30.3 Å². The molecule has 1 aromatic heterocycles. The summed E-state index contributed by atoms with van der Waals surface area (Å²) in [6, 6.07) is 13.1. The van der Waals surface area contributed by atoms with Gasteiger partial charge in [0.1, 0.15) is 0 Å². The second kappa shape index (κ2) is 4.77. The van der Waals surface area contributed by atoms with E-state index in [9.17, 15) is 4.79 Å². The Morgan fingerprint density at radius 2 is 1.65 bits per heavy atom. The van der Waals surface area contributed by atoms with E-state index in [-0.39, 0.29) is 5.56 Å². The predicted octanol–water partition coefficient (Wildman–Crippen LogP) is 2.34. The van der Waals surface area contributed by atoms with Crippen molar-refractivity contribution in [2.24, 2.45) is 0 Å². The summed E-state index contributed by atoms with van der Waals surface area (Å²) in [7, 11) is 3.12. The molecule has 0 saturated heterocycles. The summed E-state index contributed by atoms with van der Waals surface area (Å²) in [5.41, 5.74) is 1.47. The smallest absolute Gasteiger partial charge is 0.272 e. The number of benzene rings is 2. The molecule has 0 amide bonds. The van der Waals surface area contributed by atoms with Gasteiger partial charge in [0, 0.05) is 6.07 Å². The van der Waals surface area contributed by atoms with Crippen LogP contribution in [0.15, 0.2) is 47.3 Å². The molecule has 0 spiro atoms. The minimum Gasteiger partial charge on any atom is -0.493 e. The zero-order valence-corrected chi connectivity index (χ0v) is 11.2. The van der Waals surface area contributed by atoms with Gasteiger partial charge < -0.3 is 9.47 Å². The fraction of sp³-hybridized carbons (Fsp3) is 0.133. The number of rotatable bonds is 3. The summed E-state index contributed by atoms with van der Waals surface area (Å²) < 4.78 is 12.3. The lowest BCUT2D eigenvalue weighted by Gasteiger charge is -2.09. The van der Waals surface area contributed by atoms with Crippen molar-refractivity contribution in [1.29, 1.82) is 0 Å². The van der Waals surface area contributed by atoms with Gasteiger partial charge in [-0.3, -0.25) is 14.6 Å². The Hall–Kier alpha value is -2.69. The Morgan fingerprint density at radius 1 is 1.00 bits per heavy atom. The first kappa shape index (κ1) is 12.3. The molecule has 1 N–H and O–H groups in total. The largest absolute Gasteiger partial charge is 0.493 e. The number of aromatic nitrogens is 2. The van der Waals surface area contributed by atoms with E-state index >= 15 is 0 Å². The number of aromatic amines is 1. The molecule has 102 valence electrons. The third kappa shape index (κ3) is 1.84. The minimum absolute atomic E-state index is 0.162. The fourth-order valence-corrected chi connectivity index (χ4v) is 2.24. The summed E-state index contributed by atoms with van der Waals surface area (Å²) in [5, 5.41) is 3.38. The minimum atomic E-state index is -0.162. The van der Waals surface area contributed by atoms with E-state index in [4.69, 9.17) is 9.47 Å². The van der Waals surface area contributed by atoms with E-state index in [1.54, 1.807) is 31.0 Å². The molecule has 0 fully saturated rings. The quantitative estimate of drug-likeness (QED) is 0.794. The van der Waals surface area contributed by atoms with E-state index in [0.29, 0.717) is 16.9 Å². The van der Waals surface area contributed by atoms with Crippen LogP contribution >= 0.6 is 0 Å². The third-order valence-corrected chi connectivity index (χ3v) is 3.22. The van der Waals surface area contributed by atoms with Crippen LogP contribution in [0.25, 0.3) is 16.6 Å². The molecule has 5 heteroatoms. The molecule has 0 unspecified atom stereocenters. The lowest BCUT2D eigenvalue weighted by Crippen LogP contribution is -2.03. The molecular formula is C15H14N2O3. The first-order valence-electron chi connectivity index (χ1n) is 6.17. The van der Waals surface area contributed by atoms with Crippen LogP contribution < -0.4 is 15.0 Å². The maximum Gasteiger partial charge on any atom is 0.272 e. The van der Waals surface area contributed by atoms with Crippen molar-refractivity contribution in [1.82, 2.24) is 9.78 Å². The Bertz CT molecular complexity index is 803. The van der Waals surface area contributed by atoms with Crippen LogP contribution in [0.2, 0.25) is 0 Å². The molecule has 0 aliphatic rings. The lowest BCUT2D eigenvalue weighted by atomic mass is 10.2. The van der Waals surface area contributed by atoms with Crippen molar-refractivity contribution in [3.05, 3.63) is 52.8 Å². The molecule has 0 aliphatic heterocycles. The van der Waals surface area contributed by atoms with Gasteiger partial charge in [-0.15, -0.1) is 0 Å². The van der Waals surface area contributed by atoms with Crippen molar-refractivity contribution < 1.29 is 9.47 Å². The molecule has 3 rings (SSSR count). The zero-order valence-electron chi connectivity index (χ0n) is 11.2. The molecule has 1 heterocycles. The van der Waals surface area contributed by atoms with Crippen molar-refractivity contribution >= 4 is 10.9 Å². The number of hydrogen-bond acceptors (Lipinski definition) is 3. The molecule has 0 aliphatic carbocycles. The van der Waals surface area contributed by atoms with Crippen LogP contribution in [0, 0.1) is 0 Å². The highest BCUT2D eigenvalue weighted by atomic mass is 16.5. The Labute approximate surface area is 115 Å². The number of fused-ring (bicyclic) bond motifs is 1. The van der Waals surface area contributed by atoms with Crippen LogP contribution in [0.3, 0.4) is 0 Å². The van der Waals surface area contributed by atoms with Crippen molar-refractivity contribution in [2.75, 3.05) is 14.2 Å². The fourth-order valence-electron chi connectivity index (χ4n) is 2.24. The second-order valence-electron chi connectivity index (χ2n) is 4.34. The molecule has 0 radical (unpaired) electrons. The number of hydrogen-bond donors (Lipinski definition) is 1. The van der Waals surface area contributed by atoms with Gasteiger partial charge in [0.15, 0.2) is 11.5 Å². The number of nitrogens with zero attached hydrogens (tertiary/aromatic N) is 1. The SMILES string of the molecule is COc1cc2c(=O)[nH]n(-c3ccccc3)c2cc1OC. The third-order valence-electron chi connectivity index (χ3n) is 3.22. The number of nitrogens with one attached hydrogen (secondary N) is 1. The Morgan fingerprint density at radius 3 is 2.30 bits per heavy atom. The van der Waals surface area contributed by atoms with Gasteiger partial charge in [-0.1, -0.05) is 18.2 Å². The Kier molecular flexibility index (Phi) is 2.95. The van der Waals surface area contributed by atoms with Gasteiger partial charge in [-0.25, -0.2) is 0 Å². The monoisotopic (exact) mass is 270 g/mol. The molecule has 0 saturated carbocycles. The molecule has 5 nitrogen and oxygen atoms in total. The lowest BCUT2D eigenvalue weighted by molar-refractivity contribution is 0.356. The van der Waals surface area contributed by atoms with Crippen molar-refractivity contribution in [3.63, 3.8) is 0 Å². The van der Waals surface area contributed by atoms with Crippen LogP contribution in [0.1, 0.15) is 0 Å². The predicted molar refractivity (Wildman–Crippen MR) is 77.0 cm³/mol. The average molecular weight is 270 g/mol. The summed E-state index contributed by atoms with van der Waals surface area (Å²) in [6.07, 6.45) is 0. The van der Waals surface area contributed by atoms with Crippen molar-refractivity contribution in [3.8, 4) is 17.2 Å². The number of ether oxygens (including phenoxy) is 2. The topological polar surface area (TPSA) is 56.2 Å². The number of methoxy groups -OCH3 is 2. The van der Waals surface area contributed by atoms with E-state index < -0.39 is 0 Å². The number of para-hydroxylation sites is 1. The van der Waals surface area contributed by atoms with Gasteiger partial charge >= 0.3 is 0 Å². The highest BCUT2D eigenvalue weighted by Crippen LogP contribution is 2.31. The van der Waals surface area contributed by atoms with Gasteiger partial charge in [0.25, 0.3) is 5.56 Å². The van der Waals surface area contributed by atoms with Gasteiger partial charge in [0.2, 0.25) is 0 Å². The van der Waals surface area contributed by atoms with Crippen LogP contribution in [-0.4, -0.2) is 24.0 Å². The van der Waals surface area contributed by atoms with E-state index in [2.05, 4.69) is 5.10 Å². The highest BCUT2D eigenvalue weighted by Gasteiger charge is 2.13. The van der Waals surface area contributed by atoms with Crippen LogP contribution in [0.5, 0.6) is 11.5 Å². The number of H-pyrrole nitrogens is 1. The van der Waals surface area contributed by atoms with Gasteiger partial charge in [0.05, 0.1) is 30.8 Å². The van der Waals surface area contributed by atoms with Gasteiger partial charge in [-0.2, -0.15) is 0 Å². The molecule has 2 aromatic carbocycles. The summed E-state index contributed by atoms with van der Waals surface area (Å²) in [5.74, 6) is 1.12. The molecule has 0 atom stereocenters.